The number of aliphatic hydroxyl groups excluding tert-OH is 1. The van der Waals surface area contributed by atoms with Crippen LogP contribution in [0.15, 0.2) is 0 Å². The Hall–Kier alpha value is 0.590. The summed E-state index contributed by atoms with van der Waals surface area (Å²) in [6, 6.07) is 0. The molecule has 0 aliphatic carbocycles. The van der Waals surface area contributed by atoms with Gasteiger partial charge in [0.25, 0.3) is 9.22 Å². The average Bonchev–Trinajstić information content (AvgIpc) is 1.56. The zero-order valence-corrected chi connectivity index (χ0v) is 9.55. The summed E-state index contributed by atoms with van der Waals surface area (Å²) in [5.41, 5.74) is 0. The fourth-order valence-corrected chi connectivity index (χ4v) is 0. The quantitative estimate of drug-likeness (QED) is 0.658. The van der Waals surface area contributed by atoms with Gasteiger partial charge in [-0.15, -0.1) is 0 Å². The van der Waals surface area contributed by atoms with Gasteiger partial charge in [0.05, 0.1) is 0 Å². The highest BCUT2D eigenvalue weighted by Gasteiger charge is 2.11. The van der Waals surface area contributed by atoms with Crippen LogP contribution in [-0.2, 0) is 4.79 Å². The molecule has 12 heavy (non-hydrogen) atoms. The number of halogens is 4. The first-order valence-corrected chi connectivity index (χ1v) is 4.22. The molecule has 0 radical (unpaired) electrons. The maximum atomic E-state index is 9.00. The minimum atomic E-state index is -1.61. The molecule has 3 nitrogen and oxygen atoms in total. The third-order valence-electron chi connectivity index (χ3n) is 0. The standard InChI is InChI=1S/C2H4O2.C2H6O.CCl4/c1-2(3)4;1-2-3;2-1(3,4)5/h1H3,(H,3,4);3H,2H2,1H3;. The van der Waals surface area contributed by atoms with Crippen molar-refractivity contribution in [2.45, 2.75) is 17.1 Å². The number of aliphatic hydroxyl groups is 1. The number of carbonyl (C=O) groups is 1. The van der Waals surface area contributed by atoms with Crippen LogP contribution in [0.5, 0.6) is 0 Å². The second-order valence-electron chi connectivity index (χ2n) is 1.26. The number of hydrogen-bond donors (Lipinski definition) is 2. The van der Waals surface area contributed by atoms with Crippen LogP contribution in [0.2, 0.25) is 0 Å². The molecule has 0 fully saturated rings. The number of rotatable bonds is 0. The second-order valence-corrected chi connectivity index (χ2v) is 4.69. The number of hydrogen-bond acceptors (Lipinski definition) is 2. The molecule has 0 aromatic heterocycles. The van der Waals surface area contributed by atoms with E-state index in [2.05, 4.69) is 0 Å². The summed E-state index contributed by atoms with van der Waals surface area (Å²) < 4.78 is -1.61. The highest BCUT2D eigenvalue weighted by molar-refractivity contribution is 6.83. The zero-order chi connectivity index (χ0) is 10.8. The van der Waals surface area contributed by atoms with Crippen LogP contribution in [-0.4, -0.2) is 26.0 Å². The van der Waals surface area contributed by atoms with Gasteiger partial charge in [-0.2, -0.15) is 0 Å². The van der Waals surface area contributed by atoms with Crippen molar-refractivity contribution in [1.82, 2.24) is 0 Å². The first kappa shape index (κ1) is 18.4. The second kappa shape index (κ2) is 11.6. The molecule has 7 heteroatoms. The lowest BCUT2D eigenvalue weighted by Gasteiger charge is -1.91. The lowest BCUT2D eigenvalue weighted by atomic mass is 10.9. The van der Waals surface area contributed by atoms with E-state index in [1.54, 1.807) is 6.92 Å². The SMILES string of the molecule is CC(=O)O.CCO.ClC(Cl)(Cl)Cl. The molecule has 0 unspecified atom stereocenters. The van der Waals surface area contributed by atoms with Crippen LogP contribution >= 0.6 is 46.4 Å². The molecule has 0 atom stereocenters. The van der Waals surface area contributed by atoms with E-state index in [1.807, 2.05) is 0 Å². The zero-order valence-electron chi connectivity index (χ0n) is 6.52. The Morgan fingerprint density at radius 3 is 1.33 bits per heavy atom. The molecule has 0 aliphatic heterocycles. The van der Waals surface area contributed by atoms with Gasteiger partial charge in [0, 0.05) is 13.5 Å². The summed E-state index contributed by atoms with van der Waals surface area (Å²) in [4.78, 5) is 9.00. The largest absolute Gasteiger partial charge is 0.481 e. The molecule has 0 spiro atoms. The Kier molecular flexibility index (Phi) is 17.8. The predicted molar refractivity (Wildman–Crippen MR) is 52.2 cm³/mol. The van der Waals surface area contributed by atoms with Crippen LogP contribution in [0.4, 0.5) is 0 Å². The first-order valence-electron chi connectivity index (χ1n) is 2.71. The van der Waals surface area contributed by atoms with Crippen LogP contribution in [0, 0.1) is 0 Å². The third kappa shape index (κ3) is 2800. The molecule has 0 saturated heterocycles. The Bertz CT molecular complexity index is 91.4. The van der Waals surface area contributed by atoms with Crippen molar-refractivity contribution in [2.75, 3.05) is 6.61 Å². The molecular formula is C5H10Cl4O3. The summed E-state index contributed by atoms with van der Waals surface area (Å²) in [5, 5.41) is 15.0. The molecular weight excluding hydrogens is 250 g/mol. The summed E-state index contributed by atoms with van der Waals surface area (Å²) in [7, 11) is 0. The van der Waals surface area contributed by atoms with Crippen LogP contribution in [0.25, 0.3) is 0 Å². The highest BCUT2D eigenvalue weighted by Crippen LogP contribution is 2.29. The van der Waals surface area contributed by atoms with Crippen molar-refractivity contribution < 1.29 is 15.0 Å². The summed E-state index contributed by atoms with van der Waals surface area (Å²) in [6.45, 7) is 3.01. The first-order chi connectivity index (χ1) is 5.15. The van der Waals surface area contributed by atoms with E-state index in [4.69, 9.17) is 61.4 Å². The Morgan fingerprint density at radius 2 is 1.33 bits per heavy atom. The van der Waals surface area contributed by atoms with Gasteiger partial charge >= 0.3 is 0 Å². The number of carboxylic acids is 1. The maximum absolute atomic E-state index is 9.00. The fraction of sp³-hybridized carbons (Fsp3) is 0.800. The molecule has 0 aromatic carbocycles. The van der Waals surface area contributed by atoms with Crippen molar-refractivity contribution in [1.29, 1.82) is 0 Å². The predicted octanol–water partition coefficient (Wildman–Crippen LogP) is 2.64. The van der Waals surface area contributed by atoms with E-state index in [0.717, 1.165) is 6.92 Å². The van der Waals surface area contributed by atoms with Crippen molar-refractivity contribution in [2.24, 2.45) is 0 Å². The van der Waals surface area contributed by atoms with Gasteiger partial charge in [0.1, 0.15) is 0 Å². The molecule has 0 aliphatic rings. The Labute approximate surface area is 91.2 Å². The monoisotopic (exact) mass is 258 g/mol. The van der Waals surface area contributed by atoms with E-state index in [9.17, 15) is 0 Å². The van der Waals surface area contributed by atoms with Crippen LogP contribution in [0.3, 0.4) is 0 Å². The molecule has 0 rings (SSSR count). The highest BCUT2D eigenvalue weighted by atomic mass is 35.6. The van der Waals surface area contributed by atoms with Gasteiger partial charge < -0.3 is 10.2 Å². The molecule has 2 N–H and O–H groups in total. The van der Waals surface area contributed by atoms with Gasteiger partial charge in [-0.3, -0.25) is 4.79 Å². The molecule has 0 amide bonds. The van der Waals surface area contributed by atoms with Crippen molar-refractivity contribution >= 4 is 52.4 Å². The Morgan fingerprint density at radius 1 is 1.33 bits per heavy atom. The number of aliphatic carboxylic acids is 1. The van der Waals surface area contributed by atoms with E-state index in [1.165, 1.54) is 0 Å². The van der Waals surface area contributed by atoms with Crippen LogP contribution in [0.1, 0.15) is 13.8 Å². The third-order valence-corrected chi connectivity index (χ3v) is 0. The van der Waals surface area contributed by atoms with Gasteiger partial charge in [0.2, 0.25) is 0 Å². The minimum absolute atomic E-state index is 0.250. The minimum Gasteiger partial charge on any atom is -0.481 e. The van der Waals surface area contributed by atoms with Gasteiger partial charge in [-0.25, -0.2) is 0 Å². The maximum Gasteiger partial charge on any atom is 0.300 e. The summed E-state index contributed by atoms with van der Waals surface area (Å²) in [5.74, 6) is -0.833. The van der Waals surface area contributed by atoms with Crippen molar-refractivity contribution in [3.05, 3.63) is 0 Å². The van der Waals surface area contributed by atoms with Gasteiger partial charge in [0.15, 0.2) is 0 Å². The normalized spacial score (nSPS) is 8.58. The summed E-state index contributed by atoms with van der Waals surface area (Å²) in [6.07, 6.45) is 0. The summed E-state index contributed by atoms with van der Waals surface area (Å²) >= 11 is 19.3. The van der Waals surface area contributed by atoms with Gasteiger partial charge in [-0.1, -0.05) is 46.4 Å². The van der Waals surface area contributed by atoms with Crippen molar-refractivity contribution in [3.8, 4) is 0 Å². The lowest BCUT2D eigenvalue weighted by molar-refractivity contribution is -0.134. The fourth-order valence-electron chi connectivity index (χ4n) is 0. The molecule has 0 heterocycles. The smallest absolute Gasteiger partial charge is 0.300 e. The van der Waals surface area contributed by atoms with E-state index in [0.29, 0.717) is 0 Å². The topological polar surface area (TPSA) is 57.5 Å². The molecule has 0 bridgehead atoms. The lowest BCUT2D eigenvalue weighted by Crippen LogP contribution is -1.81. The molecule has 76 valence electrons. The number of carboxylic acid groups (broad SMARTS) is 1. The average molecular weight is 260 g/mol. The van der Waals surface area contributed by atoms with E-state index >= 15 is 0 Å². The van der Waals surface area contributed by atoms with E-state index in [-0.39, 0.29) is 6.61 Å². The van der Waals surface area contributed by atoms with Crippen molar-refractivity contribution in [3.63, 3.8) is 0 Å². The molecule has 0 saturated carbocycles. The number of alkyl halides is 4. The van der Waals surface area contributed by atoms with Gasteiger partial charge in [-0.05, 0) is 6.92 Å². The Balaban J connectivity index is -0.000000105. The molecule has 0 aromatic rings. The van der Waals surface area contributed by atoms with Crippen LogP contribution < -0.4 is 0 Å². The van der Waals surface area contributed by atoms with E-state index < -0.39 is 9.22 Å².